The van der Waals surface area contributed by atoms with Crippen molar-refractivity contribution in [3.63, 3.8) is 0 Å². The highest BCUT2D eigenvalue weighted by Crippen LogP contribution is 2.34. The zero-order valence-electron chi connectivity index (χ0n) is 15.2. The maximum absolute atomic E-state index is 12.5. The summed E-state index contributed by atoms with van der Waals surface area (Å²) in [5.74, 6) is -0.184. The average Bonchev–Trinajstić information content (AvgIpc) is 3.21. The zero-order valence-corrected chi connectivity index (χ0v) is 15.2. The van der Waals surface area contributed by atoms with Crippen LogP contribution in [0.1, 0.15) is 23.2 Å². The molecule has 0 atom stereocenters. The van der Waals surface area contributed by atoms with E-state index >= 15 is 0 Å². The molecule has 2 heterocycles. The van der Waals surface area contributed by atoms with Gasteiger partial charge in [0.05, 0.1) is 0 Å². The number of carbonyl (C=O) groups is 3. The van der Waals surface area contributed by atoms with Gasteiger partial charge in [-0.05, 0) is 25.0 Å². The van der Waals surface area contributed by atoms with E-state index < -0.39 is 11.8 Å². The second-order valence-corrected chi connectivity index (χ2v) is 6.82. The van der Waals surface area contributed by atoms with Crippen LogP contribution in [0.15, 0.2) is 48.5 Å². The minimum Gasteiger partial charge on any atom is -0.454 e. The Morgan fingerprint density at radius 3 is 2.39 bits per heavy atom. The Morgan fingerprint density at radius 2 is 1.64 bits per heavy atom. The maximum atomic E-state index is 12.5. The number of nitrogens with zero attached hydrogens (tertiary/aromatic N) is 1. The van der Waals surface area contributed by atoms with Gasteiger partial charge in [-0.15, -0.1) is 0 Å². The summed E-state index contributed by atoms with van der Waals surface area (Å²) in [4.78, 5) is 38.8. The van der Waals surface area contributed by atoms with Crippen molar-refractivity contribution in [1.29, 1.82) is 0 Å². The van der Waals surface area contributed by atoms with Gasteiger partial charge in [0.1, 0.15) is 0 Å². The third-order valence-corrected chi connectivity index (χ3v) is 5.04. The first-order valence-corrected chi connectivity index (χ1v) is 9.21. The highest BCUT2D eigenvalue weighted by molar-refractivity contribution is 6.39. The van der Waals surface area contributed by atoms with E-state index in [1.165, 1.54) is 4.90 Å². The van der Waals surface area contributed by atoms with Gasteiger partial charge >= 0.3 is 11.8 Å². The summed E-state index contributed by atoms with van der Waals surface area (Å²) in [5.41, 5.74) is 1.16. The second-order valence-electron chi connectivity index (χ2n) is 6.82. The zero-order chi connectivity index (χ0) is 19.5. The third-order valence-electron chi connectivity index (χ3n) is 5.04. The van der Waals surface area contributed by atoms with Crippen molar-refractivity contribution in [2.24, 2.45) is 5.92 Å². The van der Waals surface area contributed by atoms with Crippen LogP contribution < -0.4 is 14.8 Å². The molecule has 0 unspecified atom stereocenters. The number of amides is 2. The SMILES string of the molecule is O=C(Nc1ccc2c(c1)OCO2)C(=O)N1CCC(C(=O)c2ccccc2)CC1. The van der Waals surface area contributed by atoms with Crippen LogP contribution in [-0.2, 0) is 9.59 Å². The first-order chi connectivity index (χ1) is 13.6. The van der Waals surface area contributed by atoms with E-state index in [0.717, 1.165) is 0 Å². The molecule has 4 rings (SSSR count). The molecule has 7 nitrogen and oxygen atoms in total. The number of nitrogens with one attached hydrogen (secondary N) is 1. The molecular weight excluding hydrogens is 360 g/mol. The monoisotopic (exact) mass is 380 g/mol. The van der Waals surface area contributed by atoms with Crippen LogP contribution in [0.5, 0.6) is 11.5 Å². The Hall–Kier alpha value is -3.35. The van der Waals surface area contributed by atoms with E-state index in [2.05, 4.69) is 5.32 Å². The largest absolute Gasteiger partial charge is 0.454 e. The summed E-state index contributed by atoms with van der Waals surface area (Å²) in [7, 11) is 0. The molecule has 0 bridgehead atoms. The molecule has 1 N–H and O–H groups in total. The van der Waals surface area contributed by atoms with E-state index in [1.807, 2.05) is 18.2 Å². The van der Waals surface area contributed by atoms with Gasteiger partial charge in [-0.25, -0.2) is 0 Å². The lowest BCUT2D eigenvalue weighted by atomic mass is 9.89. The number of rotatable bonds is 3. The van der Waals surface area contributed by atoms with Gasteiger partial charge in [0.2, 0.25) is 6.79 Å². The third kappa shape index (κ3) is 3.69. The Labute approximate surface area is 162 Å². The van der Waals surface area contributed by atoms with Crippen molar-refractivity contribution in [2.45, 2.75) is 12.8 Å². The highest BCUT2D eigenvalue weighted by atomic mass is 16.7. The van der Waals surface area contributed by atoms with Crippen LogP contribution in [0, 0.1) is 5.92 Å². The first-order valence-electron chi connectivity index (χ1n) is 9.21. The Morgan fingerprint density at radius 1 is 0.929 bits per heavy atom. The van der Waals surface area contributed by atoms with Crippen LogP contribution in [0.25, 0.3) is 0 Å². The first kappa shape index (κ1) is 18.0. The number of piperidine rings is 1. The molecule has 0 spiro atoms. The summed E-state index contributed by atoms with van der Waals surface area (Å²) >= 11 is 0. The van der Waals surface area contributed by atoms with Gasteiger partial charge in [-0.1, -0.05) is 30.3 Å². The molecule has 144 valence electrons. The van der Waals surface area contributed by atoms with Crippen molar-refractivity contribution < 1.29 is 23.9 Å². The molecule has 28 heavy (non-hydrogen) atoms. The van der Waals surface area contributed by atoms with Gasteiger partial charge in [0.25, 0.3) is 0 Å². The lowest BCUT2D eigenvalue weighted by Crippen LogP contribution is -2.45. The molecule has 2 amide bonds. The summed E-state index contributed by atoms with van der Waals surface area (Å²) in [6.45, 7) is 0.912. The van der Waals surface area contributed by atoms with Gasteiger partial charge < -0.3 is 19.7 Å². The molecule has 0 aliphatic carbocycles. The van der Waals surface area contributed by atoms with Crippen molar-refractivity contribution in [1.82, 2.24) is 4.90 Å². The molecule has 2 aliphatic heterocycles. The predicted molar refractivity (Wildman–Crippen MR) is 101 cm³/mol. The average molecular weight is 380 g/mol. The maximum Gasteiger partial charge on any atom is 0.313 e. The van der Waals surface area contributed by atoms with Crippen LogP contribution in [0.2, 0.25) is 0 Å². The standard InChI is InChI=1S/C21H20N2O5/c24-19(14-4-2-1-3-5-14)15-8-10-23(11-9-15)21(26)20(25)22-16-6-7-17-18(12-16)28-13-27-17/h1-7,12,15H,8-11,13H2,(H,22,25). The van der Waals surface area contributed by atoms with Gasteiger partial charge in [0.15, 0.2) is 17.3 Å². The lowest BCUT2D eigenvalue weighted by Gasteiger charge is -2.30. The van der Waals surface area contributed by atoms with Crippen molar-refractivity contribution in [3.05, 3.63) is 54.1 Å². The number of fused-ring (bicyclic) bond motifs is 1. The molecule has 2 aromatic carbocycles. The number of likely N-dealkylation sites (tertiary alicyclic amines) is 1. The molecular formula is C21H20N2O5. The van der Waals surface area contributed by atoms with Gasteiger partial charge in [-0.3, -0.25) is 14.4 Å². The van der Waals surface area contributed by atoms with E-state index in [4.69, 9.17) is 9.47 Å². The number of hydrogen-bond donors (Lipinski definition) is 1. The topological polar surface area (TPSA) is 84.9 Å². The lowest BCUT2D eigenvalue weighted by molar-refractivity contribution is -0.144. The molecule has 1 saturated heterocycles. The van der Waals surface area contributed by atoms with Crippen molar-refractivity contribution in [2.75, 3.05) is 25.2 Å². The molecule has 0 aromatic heterocycles. The number of Topliss-reactive ketones (excluding diaryl/α,β-unsaturated/α-hetero) is 1. The predicted octanol–water partition coefficient (Wildman–Crippen LogP) is 2.48. The number of carbonyl (C=O) groups excluding carboxylic acids is 3. The molecule has 1 fully saturated rings. The quantitative estimate of drug-likeness (QED) is 0.653. The Bertz CT molecular complexity index is 904. The summed E-state index contributed by atoms with van der Waals surface area (Å²) < 4.78 is 10.5. The molecule has 0 saturated carbocycles. The summed E-state index contributed by atoms with van der Waals surface area (Å²) in [5, 5.41) is 2.60. The number of ether oxygens (including phenoxy) is 2. The molecule has 0 radical (unpaired) electrons. The van der Waals surface area contributed by atoms with Crippen LogP contribution in [-0.4, -0.2) is 42.4 Å². The normalized spacial score (nSPS) is 15.9. The summed E-state index contributed by atoms with van der Waals surface area (Å²) in [6.07, 6.45) is 1.10. The van der Waals surface area contributed by atoms with E-state index in [0.29, 0.717) is 48.7 Å². The fourth-order valence-electron chi connectivity index (χ4n) is 3.49. The van der Waals surface area contributed by atoms with Crippen LogP contribution in [0.4, 0.5) is 5.69 Å². The number of benzene rings is 2. The number of anilines is 1. The van der Waals surface area contributed by atoms with Gasteiger partial charge in [-0.2, -0.15) is 0 Å². The van der Waals surface area contributed by atoms with Gasteiger partial charge in [0, 0.05) is 36.3 Å². The van der Waals surface area contributed by atoms with Crippen molar-refractivity contribution >= 4 is 23.3 Å². The van der Waals surface area contributed by atoms with Crippen molar-refractivity contribution in [3.8, 4) is 11.5 Å². The highest BCUT2D eigenvalue weighted by Gasteiger charge is 2.30. The Kier molecular flexibility index (Phi) is 4.97. The van der Waals surface area contributed by atoms with Crippen LogP contribution >= 0.6 is 0 Å². The van der Waals surface area contributed by atoms with E-state index in [9.17, 15) is 14.4 Å². The fraction of sp³-hybridized carbons (Fsp3) is 0.286. The Balaban J connectivity index is 1.32. The summed E-state index contributed by atoms with van der Waals surface area (Å²) in [6, 6.07) is 14.1. The minimum absolute atomic E-state index is 0.0949. The van der Waals surface area contributed by atoms with Crippen LogP contribution in [0.3, 0.4) is 0 Å². The molecule has 7 heteroatoms. The smallest absolute Gasteiger partial charge is 0.313 e. The fourth-order valence-corrected chi connectivity index (χ4v) is 3.49. The number of ketones is 1. The number of hydrogen-bond acceptors (Lipinski definition) is 5. The van der Waals surface area contributed by atoms with E-state index in [1.54, 1.807) is 30.3 Å². The molecule has 2 aromatic rings. The minimum atomic E-state index is -0.702. The molecule has 2 aliphatic rings. The second kappa shape index (κ2) is 7.72. The van der Waals surface area contributed by atoms with E-state index in [-0.39, 0.29) is 18.5 Å².